The van der Waals surface area contributed by atoms with Gasteiger partial charge in [0.05, 0.1) is 5.56 Å². The lowest BCUT2D eigenvalue weighted by molar-refractivity contribution is 0.0950. The molecule has 0 spiro atoms. The maximum atomic E-state index is 11.7. The van der Waals surface area contributed by atoms with Crippen LogP contribution in [0.2, 0.25) is 0 Å². The van der Waals surface area contributed by atoms with Crippen LogP contribution in [0.5, 0.6) is 5.75 Å². The first-order valence-corrected chi connectivity index (χ1v) is 6.42. The Morgan fingerprint density at radius 3 is 2.82 bits per heavy atom. The van der Waals surface area contributed by atoms with Gasteiger partial charge < -0.3 is 15.7 Å². The predicted octanol–water partition coefficient (Wildman–Crippen LogP) is 1.88. The quantitative estimate of drug-likeness (QED) is 0.703. The van der Waals surface area contributed by atoms with Crippen LogP contribution in [0.3, 0.4) is 0 Å². The van der Waals surface area contributed by atoms with Crippen LogP contribution in [0.1, 0.15) is 23.7 Å². The third-order valence-electron chi connectivity index (χ3n) is 2.27. The maximum Gasteiger partial charge on any atom is 0.255 e. The summed E-state index contributed by atoms with van der Waals surface area (Å²) in [4.78, 5) is 11.7. The van der Waals surface area contributed by atoms with Gasteiger partial charge in [0.2, 0.25) is 0 Å². The van der Waals surface area contributed by atoms with E-state index in [-0.39, 0.29) is 11.7 Å². The van der Waals surface area contributed by atoms with Crippen molar-refractivity contribution in [2.24, 2.45) is 0 Å². The first-order valence-electron chi connectivity index (χ1n) is 5.62. The molecule has 94 valence electrons. The number of hydrogen-bond donors (Lipinski definition) is 3. The summed E-state index contributed by atoms with van der Waals surface area (Å²) in [7, 11) is 0. The molecule has 0 saturated heterocycles. The molecule has 1 rings (SSSR count). The number of hydrogen-bond acceptors (Lipinski definition) is 3. The van der Waals surface area contributed by atoms with Gasteiger partial charge in [-0.15, -0.1) is 0 Å². The molecule has 0 unspecified atom stereocenters. The number of aromatic hydroxyl groups is 1. The van der Waals surface area contributed by atoms with Gasteiger partial charge in [-0.05, 0) is 37.7 Å². The number of nitrogens with one attached hydrogen (secondary N) is 2. The lowest BCUT2D eigenvalue weighted by Gasteiger charge is -2.07. The van der Waals surface area contributed by atoms with E-state index < -0.39 is 0 Å². The Kier molecular flexibility index (Phi) is 6.00. The Labute approximate surface area is 110 Å². The van der Waals surface area contributed by atoms with E-state index in [2.05, 4.69) is 26.6 Å². The average Bonchev–Trinajstić information content (AvgIpc) is 2.28. The van der Waals surface area contributed by atoms with Gasteiger partial charge in [-0.3, -0.25) is 4.79 Å². The monoisotopic (exact) mass is 300 g/mol. The summed E-state index contributed by atoms with van der Waals surface area (Å²) in [5.74, 6) is -0.255. The topological polar surface area (TPSA) is 61.4 Å². The van der Waals surface area contributed by atoms with Crippen molar-refractivity contribution >= 4 is 21.8 Å². The van der Waals surface area contributed by atoms with Crippen LogP contribution >= 0.6 is 15.9 Å². The van der Waals surface area contributed by atoms with Crippen molar-refractivity contribution in [3.8, 4) is 5.75 Å². The van der Waals surface area contributed by atoms with Gasteiger partial charge >= 0.3 is 0 Å². The number of phenols is 1. The van der Waals surface area contributed by atoms with Crippen molar-refractivity contribution in [1.29, 1.82) is 0 Å². The highest BCUT2D eigenvalue weighted by atomic mass is 79.9. The van der Waals surface area contributed by atoms with Crippen LogP contribution < -0.4 is 10.6 Å². The lowest BCUT2D eigenvalue weighted by Crippen LogP contribution is -2.27. The average molecular weight is 301 g/mol. The Morgan fingerprint density at radius 1 is 1.41 bits per heavy atom. The first-order chi connectivity index (χ1) is 8.15. The highest BCUT2D eigenvalue weighted by Crippen LogP contribution is 2.21. The molecule has 0 aromatic heterocycles. The Bertz CT molecular complexity index is 383. The molecular formula is C12H17BrN2O2. The van der Waals surface area contributed by atoms with Crippen LogP contribution in [0.25, 0.3) is 0 Å². The zero-order chi connectivity index (χ0) is 12.7. The second kappa shape index (κ2) is 7.29. The molecule has 1 aromatic rings. The molecule has 4 nitrogen and oxygen atoms in total. The van der Waals surface area contributed by atoms with Crippen molar-refractivity contribution in [2.45, 2.75) is 13.3 Å². The van der Waals surface area contributed by atoms with Crippen LogP contribution in [0.4, 0.5) is 0 Å². The molecule has 0 fully saturated rings. The van der Waals surface area contributed by atoms with E-state index >= 15 is 0 Å². The van der Waals surface area contributed by atoms with E-state index in [1.807, 2.05) is 6.92 Å². The van der Waals surface area contributed by atoms with Gasteiger partial charge in [-0.2, -0.15) is 0 Å². The minimum Gasteiger partial charge on any atom is -0.507 e. The zero-order valence-corrected chi connectivity index (χ0v) is 11.4. The third kappa shape index (κ3) is 4.75. The molecule has 0 atom stereocenters. The minimum absolute atomic E-state index is 0.0106. The molecule has 1 aromatic carbocycles. The molecular weight excluding hydrogens is 284 g/mol. The molecule has 1 amide bonds. The van der Waals surface area contributed by atoms with Gasteiger partial charge in [0.1, 0.15) is 5.75 Å². The van der Waals surface area contributed by atoms with E-state index in [1.165, 1.54) is 6.07 Å². The molecule has 0 bridgehead atoms. The van der Waals surface area contributed by atoms with E-state index in [1.54, 1.807) is 12.1 Å². The highest BCUT2D eigenvalue weighted by Gasteiger charge is 2.10. The summed E-state index contributed by atoms with van der Waals surface area (Å²) >= 11 is 3.23. The second-order valence-electron chi connectivity index (χ2n) is 3.62. The van der Waals surface area contributed by atoms with Crippen molar-refractivity contribution in [3.05, 3.63) is 28.2 Å². The van der Waals surface area contributed by atoms with Gasteiger partial charge in [-0.1, -0.05) is 22.9 Å². The minimum atomic E-state index is -0.244. The summed E-state index contributed by atoms with van der Waals surface area (Å²) in [5, 5.41) is 15.5. The van der Waals surface area contributed by atoms with Crippen molar-refractivity contribution < 1.29 is 9.90 Å². The summed E-state index contributed by atoms with van der Waals surface area (Å²) in [6, 6.07) is 4.83. The fourth-order valence-electron chi connectivity index (χ4n) is 1.38. The van der Waals surface area contributed by atoms with Gasteiger partial charge in [0.25, 0.3) is 5.91 Å². The highest BCUT2D eigenvalue weighted by molar-refractivity contribution is 9.10. The normalized spacial score (nSPS) is 10.2. The van der Waals surface area contributed by atoms with Crippen molar-refractivity contribution in [1.82, 2.24) is 10.6 Å². The Morgan fingerprint density at radius 2 is 2.18 bits per heavy atom. The largest absolute Gasteiger partial charge is 0.507 e. The maximum absolute atomic E-state index is 11.7. The summed E-state index contributed by atoms with van der Waals surface area (Å²) in [6.07, 6.45) is 0.872. The molecule has 17 heavy (non-hydrogen) atoms. The third-order valence-corrected chi connectivity index (χ3v) is 2.76. The second-order valence-corrected chi connectivity index (χ2v) is 4.54. The molecule has 0 saturated carbocycles. The molecule has 3 N–H and O–H groups in total. The number of amides is 1. The smallest absolute Gasteiger partial charge is 0.255 e. The summed E-state index contributed by atoms with van der Waals surface area (Å²) < 4.78 is 0.749. The van der Waals surface area contributed by atoms with E-state index in [4.69, 9.17) is 0 Å². The number of carbonyl (C=O) groups is 1. The zero-order valence-electron chi connectivity index (χ0n) is 9.79. The van der Waals surface area contributed by atoms with Crippen LogP contribution in [0.15, 0.2) is 22.7 Å². The molecule has 0 radical (unpaired) electrons. The van der Waals surface area contributed by atoms with Gasteiger partial charge in [0, 0.05) is 11.0 Å². The SMILES string of the molecule is CCNCCCNC(=O)c1ccc(Br)cc1O. The van der Waals surface area contributed by atoms with Crippen molar-refractivity contribution in [3.63, 3.8) is 0 Å². The number of rotatable bonds is 6. The van der Waals surface area contributed by atoms with Crippen LogP contribution in [-0.4, -0.2) is 30.6 Å². The molecule has 0 aliphatic heterocycles. The number of benzene rings is 1. The summed E-state index contributed by atoms with van der Waals surface area (Å²) in [5.41, 5.74) is 0.302. The fourth-order valence-corrected chi connectivity index (χ4v) is 1.73. The van der Waals surface area contributed by atoms with Crippen LogP contribution in [0, 0.1) is 0 Å². The van der Waals surface area contributed by atoms with Gasteiger partial charge in [0.15, 0.2) is 0 Å². The van der Waals surface area contributed by atoms with E-state index in [0.29, 0.717) is 12.1 Å². The number of phenolic OH excluding ortho intramolecular Hbond substituents is 1. The first kappa shape index (κ1) is 14.0. The number of halogens is 1. The van der Waals surface area contributed by atoms with Gasteiger partial charge in [-0.25, -0.2) is 0 Å². The molecule has 0 aliphatic rings. The van der Waals surface area contributed by atoms with Crippen molar-refractivity contribution in [2.75, 3.05) is 19.6 Å². The predicted molar refractivity (Wildman–Crippen MR) is 71.3 cm³/mol. The van der Waals surface area contributed by atoms with Crippen LogP contribution in [-0.2, 0) is 0 Å². The number of carbonyl (C=O) groups excluding carboxylic acids is 1. The molecule has 0 aliphatic carbocycles. The lowest BCUT2D eigenvalue weighted by atomic mass is 10.2. The van der Waals surface area contributed by atoms with E-state index in [0.717, 1.165) is 24.0 Å². The Hall–Kier alpha value is -1.07. The molecule has 0 heterocycles. The fraction of sp³-hybridized carbons (Fsp3) is 0.417. The molecule has 5 heteroatoms. The standard InChI is InChI=1S/C12H17BrN2O2/c1-2-14-6-3-7-15-12(17)10-5-4-9(13)8-11(10)16/h4-5,8,14,16H,2-3,6-7H2,1H3,(H,15,17). The van der Waals surface area contributed by atoms with E-state index in [9.17, 15) is 9.90 Å². The summed E-state index contributed by atoms with van der Waals surface area (Å²) in [6.45, 7) is 4.45. The Balaban J connectivity index is 2.42.